The molecule has 0 spiro atoms. The van der Waals surface area contributed by atoms with Crippen LogP contribution in [0.2, 0.25) is 0 Å². The monoisotopic (exact) mass is 380 g/mol. The number of thiophene rings is 1. The number of hydrogen-bond acceptors (Lipinski definition) is 1. The zero-order valence-corrected chi connectivity index (χ0v) is 13.4. The summed E-state index contributed by atoms with van der Waals surface area (Å²) in [4.78, 5) is 1.60. The molecule has 1 heterocycles. The van der Waals surface area contributed by atoms with Gasteiger partial charge in [0.2, 0.25) is 0 Å². The Morgan fingerprint density at radius 2 is 1.67 bits per heavy atom. The minimum atomic E-state index is 0.260. The lowest BCUT2D eigenvalue weighted by molar-refractivity contribution is 1.25. The normalized spacial score (nSPS) is 12.8. The van der Waals surface area contributed by atoms with Gasteiger partial charge in [-0.15, -0.1) is 11.3 Å². The van der Waals surface area contributed by atoms with Crippen molar-refractivity contribution in [3.8, 4) is 0 Å². The van der Waals surface area contributed by atoms with Gasteiger partial charge in [0.25, 0.3) is 0 Å². The van der Waals surface area contributed by atoms with Gasteiger partial charge in [-0.05, 0) is 33.8 Å². The minimum absolute atomic E-state index is 0.260. The van der Waals surface area contributed by atoms with Crippen molar-refractivity contribution >= 4 is 54.0 Å². The lowest BCUT2D eigenvalue weighted by Gasteiger charge is -2.12. The third-order valence-corrected chi connectivity index (χ3v) is 5.89. The highest BCUT2D eigenvalue weighted by Gasteiger charge is 2.14. The van der Waals surface area contributed by atoms with Crippen LogP contribution >= 0.6 is 43.2 Å². The van der Waals surface area contributed by atoms with Gasteiger partial charge in [-0.1, -0.05) is 68.3 Å². The maximum Gasteiger partial charge on any atom is 0.0744 e. The summed E-state index contributed by atoms with van der Waals surface area (Å²) in [5, 5.41) is 4.67. The number of fused-ring (bicyclic) bond motifs is 1. The van der Waals surface area contributed by atoms with Crippen LogP contribution in [0.3, 0.4) is 0 Å². The summed E-state index contributed by atoms with van der Waals surface area (Å²) in [6, 6.07) is 17.1. The fraction of sp³-hybridized carbons (Fsp3) is 0.0667. The van der Waals surface area contributed by atoms with E-state index in [0.29, 0.717) is 0 Å². The molecule has 0 saturated heterocycles. The molecule has 1 atom stereocenters. The van der Waals surface area contributed by atoms with Gasteiger partial charge in [0.15, 0.2) is 0 Å². The highest BCUT2D eigenvalue weighted by Crippen LogP contribution is 2.39. The fourth-order valence-electron chi connectivity index (χ4n) is 2.10. The Hall–Kier alpha value is -0.640. The zero-order valence-electron chi connectivity index (χ0n) is 9.44. The second kappa shape index (κ2) is 5.16. The summed E-state index contributed by atoms with van der Waals surface area (Å²) in [5.41, 5.74) is 1.32. The Labute approximate surface area is 127 Å². The molecule has 0 N–H and O–H groups in total. The van der Waals surface area contributed by atoms with Crippen LogP contribution in [0.5, 0.6) is 0 Å². The molecule has 1 aromatic heterocycles. The van der Waals surface area contributed by atoms with E-state index < -0.39 is 0 Å². The van der Waals surface area contributed by atoms with Crippen LogP contribution in [0, 0.1) is 0 Å². The molecule has 0 aliphatic heterocycles. The first kappa shape index (κ1) is 12.4. The van der Waals surface area contributed by atoms with Gasteiger partial charge < -0.3 is 0 Å². The second-order valence-corrected chi connectivity index (χ2v) is 6.81. The van der Waals surface area contributed by atoms with Crippen molar-refractivity contribution in [2.45, 2.75) is 4.83 Å². The first-order chi connectivity index (χ1) is 8.77. The van der Waals surface area contributed by atoms with Crippen molar-refractivity contribution < 1.29 is 0 Å². The molecule has 0 radical (unpaired) electrons. The summed E-state index contributed by atoms with van der Waals surface area (Å²) in [6.07, 6.45) is 0. The van der Waals surface area contributed by atoms with E-state index in [9.17, 15) is 0 Å². The maximum atomic E-state index is 3.81. The van der Waals surface area contributed by atoms with Crippen molar-refractivity contribution in [3.05, 3.63) is 68.8 Å². The van der Waals surface area contributed by atoms with Crippen LogP contribution in [0.15, 0.2) is 58.4 Å². The molecule has 3 rings (SSSR count). The smallest absolute Gasteiger partial charge is 0.0744 e. The van der Waals surface area contributed by atoms with Gasteiger partial charge in [-0.25, -0.2) is 0 Å². The predicted molar refractivity (Wildman–Crippen MR) is 86.7 cm³/mol. The van der Waals surface area contributed by atoms with Crippen molar-refractivity contribution in [2.24, 2.45) is 0 Å². The Morgan fingerprint density at radius 1 is 0.889 bits per heavy atom. The predicted octanol–water partition coefficient (Wildman–Crippen LogP) is 6.15. The third-order valence-electron chi connectivity index (χ3n) is 2.97. The molecule has 0 bridgehead atoms. The first-order valence-corrected chi connectivity index (χ1v) is 8.21. The van der Waals surface area contributed by atoms with E-state index in [1.807, 2.05) is 0 Å². The molecule has 3 heteroatoms. The maximum absolute atomic E-state index is 3.81. The Balaban J connectivity index is 2.21. The van der Waals surface area contributed by atoms with Gasteiger partial charge in [0.05, 0.1) is 4.83 Å². The molecule has 0 amide bonds. The van der Waals surface area contributed by atoms with Gasteiger partial charge in [-0.2, -0.15) is 0 Å². The quantitative estimate of drug-likeness (QED) is 0.467. The first-order valence-electron chi connectivity index (χ1n) is 5.62. The van der Waals surface area contributed by atoms with Crippen LogP contribution in [0.25, 0.3) is 10.8 Å². The molecule has 18 heavy (non-hydrogen) atoms. The van der Waals surface area contributed by atoms with Crippen LogP contribution in [-0.2, 0) is 0 Å². The average molecular weight is 382 g/mol. The highest BCUT2D eigenvalue weighted by atomic mass is 79.9. The molecular weight excluding hydrogens is 372 g/mol. The molecule has 0 nitrogen and oxygen atoms in total. The van der Waals surface area contributed by atoms with Crippen molar-refractivity contribution in [3.63, 3.8) is 0 Å². The lowest BCUT2D eigenvalue weighted by atomic mass is 10.0. The number of benzene rings is 2. The largest absolute Gasteiger partial charge is 0.147 e. The molecule has 0 aliphatic rings. The average Bonchev–Trinajstić information content (AvgIpc) is 2.93. The molecular formula is C15H10Br2S. The molecule has 0 saturated carbocycles. The number of rotatable bonds is 2. The highest BCUT2D eigenvalue weighted by molar-refractivity contribution is 9.10. The molecule has 3 aromatic rings. The number of halogens is 2. The zero-order chi connectivity index (χ0) is 12.5. The van der Waals surface area contributed by atoms with E-state index in [0.717, 1.165) is 4.47 Å². The van der Waals surface area contributed by atoms with Crippen LogP contribution in [0.4, 0.5) is 0 Å². The van der Waals surface area contributed by atoms with Gasteiger partial charge in [0, 0.05) is 9.35 Å². The molecule has 2 aromatic carbocycles. The molecule has 0 fully saturated rings. The lowest BCUT2D eigenvalue weighted by Crippen LogP contribution is -1.91. The van der Waals surface area contributed by atoms with Crippen LogP contribution < -0.4 is 0 Å². The van der Waals surface area contributed by atoms with E-state index in [4.69, 9.17) is 0 Å². The second-order valence-electron chi connectivity index (χ2n) is 4.06. The van der Waals surface area contributed by atoms with Crippen molar-refractivity contribution in [2.75, 3.05) is 0 Å². The van der Waals surface area contributed by atoms with Crippen molar-refractivity contribution in [1.29, 1.82) is 0 Å². The van der Waals surface area contributed by atoms with E-state index in [2.05, 4.69) is 85.8 Å². The van der Waals surface area contributed by atoms with E-state index in [1.165, 1.54) is 21.2 Å². The van der Waals surface area contributed by atoms with E-state index >= 15 is 0 Å². The summed E-state index contributed by atoms with van der Waals surface area (Å²) in [7, 11) is 0. The van der Waals surface area contributed by atoms with Gasteiger partial charge in [-0.3, -0.25) is 0 Å². The summed E-state index contributed by atoms with van der Waals surface area (Å²) < 4.78 is 1.15. The fourth-order valence-corrected chi connectivity index (χ4v) is 4.17. The summed E-state index contributed by atoms with van der Waals surface area (Å²) in [6.45, 7) is 0. The Morgan fingerprint density at radius 3 is 2.39 bits per heavy atom. The number of hydrogen-bond donors (Lipinski definition) is 0. The topological polar surface area (TPSA) is 0 Å². The van der Waals surface area contributed by atoms with Crippen molar-refractivity contribution in [1.82, 2.24) is 0 Å². The standard InChI is InChI=1S/C15H10Br2S/c16-13-8-7-12(10-4-1-2-5-11(10)13)15(17)14-6-3-9-18-14/h1-9,15H. The van der Waals surface area contributed by atoms with Gasteiger partial charge in [0.1, 0.15) is 0 Å². The van der Waals surface area contributed by atoms with E-state index in [-0.39, 0.29) is 4.83 Å². The van der Waals surface area contributed by atoms with Crippen LogP contribution in [0.1, 0.15) is 15.3 Å². The number of alkyl halides is 1. The molecule has 1 unspecified atom stereocenters. The van der Waals surface area contributed by atoms with E-state index in [1.54, 1.807) is 11.3 Å². The summed E-state index contributed by atoms with van der Waals surface area (Å²) in [5.74, 6) is 0. The third kappa shape index (κ3) is 2.15. The van der Waals surface area contributed by atoms with Gasteiger partial charge >= 0.3 is 0 Å². The molecule has 0 aliphatic carbocycles. The minimum Gasteiger partial charge on any atom is -0.147 e. The SMILES string of the molecule is Brc1ccc(C(Br)c2cccs2)c2ccccc12. The molecule has 90 valence electrons. The Bertz CT molecular complexity index is 674. The summed E-state index contributed by atoms with van der Waals surface area (Å²) >= 11 is 9.21. The van der Waals surface area contributed by atoms with Crippen LogP contribution in [-0.4, -0.2) is 0 Å². The Kier molecular flexibility index (Phi) is 3.55.